The van der Waals surface area contributed by atoms with Gasteiger partial charge in [0, 0.05) is 18.2 Å². The van der Waals surface area contributed by atoms with Crippen LogP contribution in [0, 0.1) is 12.3 Å². The molecule has 0 radical (unpaired) electrons. The molecular weight excluding hydrogens is 288 g/mol. The van der Waals surface area contributed by atoms with E-state index in [-0.39, 0.29) is 17.2 Å². The van der Waals surface area contributed by atoms with Crippen molar-refractivity contribution in [3.05, 3.63) is 29.3 Å². The van der Waals surface area contributed by atoms with Crippen LogP contribution >= 0.6 is 0 Å². The van der Waals surface area contributed by atoms with Gasteiger partial charge in [0.05, 0.1) is 11.4 Å². The number of ether oxygens (including phenoxy) is 1. The van der Waals surface area contributed by atoms with E-state index in [1.807, 2.05) is 13.0 Å². The molecule has 21 heavy (non-hydrogen) atoms. The van der Waals surface area contributed by atoms with Crippen LogP contribution in [0.15, 0.2) is 18.2 Å². The van der Waals surface area contributed by atoms with Gasteiger partial charge in [-0.3, -0.25) is 5.41 Å². The smallest absolute Gasteiger partial charge is 0.150 e. The zero-order chi connectivity index (χ0) is 15.6. The molecule has 3 N–H and O–H groups in total. The molecule has 0 spiro atoms. The predicted molar refractivity (Wildman–Crippen MR) is 83.7 cm³/mol. The molecule has 0 saturated heterocycles. The molecule has 0 aliphatic heterocycles. The van der Waals surface area contributed by atoms with Gasteiger partial charge < -0.3 is 10.5 Å². The van der Waals surface area contributed by atoms with Gasteiger partial charge in [-0.15, -0.1) is 0 Å². The number of sulfone groups is 1. The Morgan fingerprint density at radius 3 is 2.71 bits per heavy atom. The standard InChI is InChI=1S/C15H22N2O3S/c1-10-6-7-11(15(16)17)8-14(10)20-12-4-3-5-13(9-12)21(2,18)19/h6-8,12-13H,3-5,9H2,1-2H3,(H3,16,17). The lowest BCUT2D eigenvalue weighted by Crippen LogP contribution is -2.33. The van der Waals surface area contributed by atoms with Crippen molar-refractivity contribution in [2.45, 2.75) is 44.0 Å². The van der Waals surface area contributed by atoms with E-state index < -0.39 is 9.84 Å². The second-order valence-electron chi connectivity index (χ2n) is 5.75. The molecule has 0 aromatic heterocycles. The minimum Gasteiger partial charge on any atom is -0.490 e. The van der Waals surface area contributed by atoms with Crippen LogP contribution < -0.4 is 10.5 Å². The Balaban J connectivity index is 2.14. The van der Waals surface area contributed by atoms with Crippen LogP contribution in [0.4, 0.5) is 0 Å². The number of nitrogens with one attached hydrogen (secondary N) is 1. The monoisotopic (exact) mass is 310 g/mol. The van der Waals surface area contributed by atoms with E-state index in [0.29, 0.717) is 24.2 Å². The van der Waals surface area contributed by atoms with Crippen LogP contribution in [0.25, 0.3) is 0 Å². The first-order chi connectivity index (χ1) is 9.77. The summed E-state index contributed by atoms with van der Waals surface area (Å²) in [6.45, 7) is 1.93. The fourth-order valence-corrected chi connectivity index (χ4v) is 3.83. The molecule has 1 fully saturated rings. The lowest BCUT2D eigenvalue weighted by molar-refractivity contribution is 0.155. The molecule has 0 heterocycles. The van der Waals surface area contributed by atoms with Crippen molar-refractivity contribution in [3.8, 4) is 5.75 Å². The number of rotatable bonds is 4. The fraction of sp³-hybridized carbons (Fsp3) is 0.533. The number of hydrogen-bond acceptors (Lipinski definition) is 4. The number of benzene rings is 1. The van der Waals surface area contributed by atoms with E-state index in [9.17, 15) is 8.42 Å². The van der Waals surface area contributed by atoms with Gasteiger partial charge in [0.25, 0.3) is 0 Å². The van der Waals surface area contributed by atoms with Crippen molar-refractivity contribution in [3.63, 3.8) is 0 Å². The summed E-state index contributed by atoms with van der Waals surface area (Å²) in [6, 6.07) is 5.40. The Hall–Kier alpha value is -1.56. The van der Waals surface area contributed by atoms with Crippen molar-refractivity contribution < 1.29 is 13.2 Å². The van der Waals surface area contributed by atoms with E-state index in [4.69, 9.17) is 15.9 Å². The zero-order valence-electron chi connectivity index (χ0n) is 12.4. The summed E-state index contributed by atoms with van der Waals surface area (Å²) >= 11 is 0. The Morgan fingerprint density at radius 2 is 2.10 bits per heavy atom. The quantitative estimate of drug-likeness (QED) is 0.657. The summed E-state index contributed by atoms with van der Waals surface area (Å²) in [6.07, 6.45) is 4.15. The molecule has 6 heteroatoms. The summed E-state index contributed by atoms with van der Waals surface area (Å²) in [4.78, 5) is 0. The first-order valence-electron chi connectivity index (χ1n) is 7.08. The molecule has 2 rings (SSSR count). The molecule has 1 aliphatic rings. The van der Waals surface area contributed by atoms with Gasteiger partial charge in [-0.2, -0.15) is 0 Å². The Morgan fingerprint density at radius 1 is 1.38 bits per heavy atom. The van der Waals surface area contributed by atoms with Crippen molar-refractivity contribution in [2.24, 2.45) is 5.73 Å². The first-order valence-corrected chi connectivity index (χ1v) is 9.03. The van der Waals surface area contributed by atoms with Gasteiger partial charge in [-0.25, -0.2) is 8.42 Å². The molecule has 1 aliphatic carbocycles. The Bertz CT molecular complexity index is 640. The zero-order valence-corrected chi connectivity index (χ0v) is 13.2. The lowest BCUT2D eigenvalue weighted by atomic mass is 9.97. The SMILES string of the molecule is Cc1ccc(C(=N)N)cc1OC1CCCC(S(C)(=O)=O)C1. The summed E-state index contributed by atoms with van der Waals surface area (Å²) in [5.74, 6) is 0.680. The summed E-state index contributed by atoms with van der Waals surface area (Å²) < 4.78 is 29.4. The average Bonchev–Trinajstić information content (AvgIpc) is 2.40. The third-order valence-electron chi connectivity index (χ3n) is 3.98. The molecule has 2 atom stereocenters. The van der Waals surface area contributed by atoms with Crippen molar-refractivity contribution in [2.75, 3.05) is 6.26 Å². The highest BCUT2D eigenvalue weighted by Crippen LogP contribution is 2.29. The highest BCUT2D eigenvalue weighted by atomic mass is 32.2. The Kier molecular flexibility index (Phi) is 4.56. The molecule has 1 saturated carbocycles. The molecule has 2 unspecified atom stereocenters. The Labute approximate surface area is 125 Å². The maximum absolute atomic E-state index is 11.7. The predicted octanol–water partition coefficient (Wildman–Crippen LogP) is 2.01. The van der Waals surface area contributed by atoms with Crippen LogP contribution in [0.5, 0.6) is 5.75 Å². The number of amidine groups is 1. The molecule has 0 amide bonds. The summed E-state index contributed by atoms with van der Waals surface area (Å²) in [5, 5.41) is 7.17. The van der Waals surface area contributed by atoms with Crippen LogP contribution in [0.1, 0.15) is 36.8 Å². The van der Waals surface area contributed by atoms with Gasteiger partial charge >= 0.3 is 0 Å². The van der Waals surface area contributed by atoms with Crippen LogP contribution in [0.3, 0.4) is 0 Å². The molecule has 1 aromatic carbocycles. The largest absolute Gasteiger partial charge is 0.490 e. The normalized spacial score (nSPS) is 22.8. The molecular formula is C15H22N2O3S. The third kappa shape index (κ3) is 3.97. The second kappa shape index (κ2) is 6.05. The van der Waals surface area contributed by atoms with Gasteiger partial charge in [-0.05, 0) is 37.8 Å². The van der Waals surface area contributed by atoms with Crippen molar-refractivity contribution in [1.29, 1.82) is 5.41 Å². The minimum atomic E-state index is -3.02. The summed E-state index contributed by atoms with van der Waals surface area (Å²) in [5.41, 5.74) is 7.07. The van der Waals surface area contributed by atoms with Gasteiger partial charge in [0.15, 0.2) is 0 Å². The van der Waals surface area contributed by atoms with Crippen LogP contribution in [-0.4, -0.2) is 31.9 Å². The number of aryl methyl sites for hydroxylation is 1. The number of nitrogens with two attached hydrogens (primary N) is 1. The number of hydrogen-bond donors (Lipinski definition) is 2. The van der Waals surface area contributed by atoms with E-state index >= 15 is 0 Å². The van der Waals surface area contributed by atoms with Crippen LogP contribution in [0.2, 0.25) is 0 Å². The average molecular weight is 310 g/mol. The van der Waals surface area contributed by atoms with E-state index in [2.05, 4.69) is 0 Å². The van der Waals surface area contributed by atoms with Gasteiger partial charge in [0.2, 0.25) is 0 Å². The molecule has 0 bridgehead atoms. The van der Waals surface area contributed by atoms with E-state index in [0.717, 1.165) is 18.4 Å². The van der Waals surface area contributed by atoms with E-state index in [1.54, 1.807) is 12.1 Å². The van der Waals surface area contributed by atoms with Crippen molar-refractivity contribution >= 4 is 15.7 Å². The highest BCUT2D eigenvalue weighted by Gasteiger charge is 2.30. The van der Waals surface area contributed by atoms with Crippen LogP contribution in [-0.2, 0) is 9.84 Å². The maximum atomic E-state index is 11.7. The second-order valence-corrected chi connectivity index (χ2v) is 8.08. The topological polar surface area (TPSA) is 93.2 Å². The third-order valence-corrected chi connectivity index (χ3v) is 5.62. The minimum absolute atomic E-state index is 0.00231. The van der Waals surface area contributed by atoms with Gasteiger partial charge in [-0.1, -0.05) is 12.1 Å². The van der Waals surface area contributed by atoms with Crippen molar-refractivity contribution in [1.82, 2.24) is 0 Å². The first kappa shape index (κ1) is 15.8. The fourth-order valence-electron chi connectivity index (χ4n) is 2.67. The number of nitrogen functional groups attached to an aromatic ring is 1. The molecule has 116 valence electrons. The maximum Gasteiger partial charge on any atom is 0.150 e. The lowest BCUT2D eigenvalue weighted by Gasteiger charge is -2.29. The molecule has 5 nitrogen and oxygen atoms in total. The molecule has 1 aromatic rings. The van der Waals surface area contributed by atoms with Gasteiger partial charge in [0.1, 0.15) is 21.4 Å². The summed E-state index contributed by atoms with van der Waals surface area (Å²) in [7, 11) is -3.02. The van der Waals surface area contributed by atoms with E-state index in [1.165, 1.54) is 6.26 Å². The highest BCUT2D eigenvalue weighted by molar-refractivity contribution is 7.91.